The molecule has 0 amide bonds. The maximum Gasteiger partial charge on any atom is 0.329 e. The summed E-state index contributed by atoms with van der Waals surface area (Å²) >= 11 is 3.46. The number of hydrogen-bond donors (Lipinski definition) is 1. The van der Waals surface area contributed by atoms with Crippen molar-refractivity contribution in [3.63, 3.8) is 0 Å². The number of carboxylic acid groups (broad SMARTS) is 1. The van der Waals surface area contributed by atoms with Gasteiger partial charge in [0, 0.05) is 10.9 Å². The average molecular weight is 301 g/mol. The average Bonchev–Trinajstić information content (AvgIpc) is 2.71. The van der Waals surface area contributed by atoms with Gasteiger partial charge in [-0.05, 0) is 29.7 Å². The van der Waals surface area contributed by atoms with Crippen molar-refractivity contribution < 1.29 is 19.4 Å². The highest BCUT2D eigenvalue weighted by molar-refractivity contribution is 9.10. The lowest BCUT2D eigenvalue weighted by Gasteiger charge is -2.09. The lowest BCUT2D eigenvalue weighted by Crippen LogP contribution is -2.09. The predicted molar refractivity (Wildman–Crippen MR) is 65.5 cm³/mol. The highest BCUT2D eigenvalue weighted by Crippen LogP contribution is 2.33. The molecule has 1 aromatic rings. The number of ether oxygens (including phenoxy) is 2. The van der Waals surface area contributed by atoms with Gasteiger partial charge in [0.2, 0.25) is 0 Å². The minimum atomic E-state index is -0.944. The summed E-state index contributed by atoms with van der Waals surface area (Å²) < 4.78 is 11.6. The van der Waals surface area contributed by atoms with Crippen LogP contribution in [0.2, 0.25) is 0 Å². The van der Waals surface area contributed by atoms with Gasteiger partial charge in [0.25, 0.3) is 0 Å². The minimum absolute atomic E-state index is 0.253. The maximum absolute atomic E-state index is 10.3. The molecule has 4 nitrogen and oxygen atoms in total. The van der Waals surface area contributed by atoms with Crippen molar-refractivity contribution in [3.05, 3.63) is 27.7 Å². The Labute approximate surface area is 108 Å². The number of carboxylic acids is 1. The van der Waals surface area contributed by atoms with Crippen LogP contribution < -0.4 is 4.74 Å². The number of halogens is 1. The number of fused-ring (bicyclic) bond motifs is 1. The van der Waals surface area contributed by atoms with Crippen LogP contribution >= 0.6 is 15.9 Å². The van der Waals surface area contributed by atoms with E-state index in [0.29, 0.717) is 13.0 Å². The standard InChI is InChI=1S/C12H13BrO4/c13-10-5-8(1-3-16-7-11(14)15)12-9(6-10)2-4-17-12/h5-6H,1-4,7H2,(H,14,15). The molecule has 0 unspecified atom stereocenters. The summed E-state index contributed by atoms with van der Waals surface area (Å²) in [5.74, 6) is -0.00662. The van der Waals surface area contributed by atoms with Crippen molar-refractivity contribution in [3.8, 4) is 5.75 Å². The van der Waals surface area contributed by atoms with Gasteiger partial charge in [-0.15, -0.1) is 0 Å². The molecule has 0 spiro atoms. The van der Waals surface area contributed by atoms with Gasteiger partial charge >= 0.3 is 5.97 Å². The summed E-state index contributed by atoms with van der Waals surface area (Å²) in [6, 6.07) is 4.05. The first-order valence-corrected chi connectivity index (χ1v) is 6.20. The summed E-state index contributed by atoms with van der Waals surface area (Å²) in [6.45, 7) is 0.852. The van der Waals surface area contributed by atoms with Gasteiger partial charge in [0.15, 0.2) is 0 Å². The molecule has 1 aliphatic heterocycles. The zero-order chi connectivity index (χ0) is 12.3. The molecule has 1 aliphatic rings. The summed E-state index contributed by atoms with van der Waals surface area (Å²) in [6.07, 6.45) is 1.59. The fourth-order valence-electron chi connectivity index (χ4n) is 1.87. The molecule has 92 valence electrons. The molecule has 1 N–H and O–H groups in total. The van der Waals surface area contributed by atoms with Crippen LogP contribution in [-0.4, -0.2) is 30.9 Å². The number of rotatable bonds is 5. The van der Waals surface area contributed by atoms with Gasteiger partial charge in [-0.1, -0.05) is 15.9 Å². The van der Waals surface area contributed by atoms with Gasteiger partial charge < -0.3 is 14.6 Å². The summed E-state index contributed by atoms with van der Waals surface area (Å²) in [5.41, 5.74) is 2.27. The Hall–Kier alpha value is -1.07. The van der Waals surface area contributed by atoms with Gasteiger partial charge in [-0.2, -0.15) is 0 Å². The first-order valence-electron chi connectivity index (χ1n) is 5.40. The van der Waals surface area contributed by atoms with Gasteiger partial charge in [-0.25, -0.2) is 4.79 Å². The fraction of sp³-hybridized carbons (Fsp3) is 0.417. The Bertz CT molecular complexity index is 431. The molecule has 5 heteroatoms. The van der Waals surface area contributed by atoms with Crippen molar-refractivity contribution >= 4 is 21.9 Å². The Morgan fingerprint density at radius 1 is 1.53 bits per heavy atom. The maximum atomic E-state index is 10.3. The lowest BCUT2D eigenvalue weighted by molar-refractivity contribution is -0.142. The Kier molecular flexibility index (Phi) is 4.02. The SMILES string of the molecule is O=C(O)COCCc1cc(Br)cc2c1OCC2. The molecular weight excluding hydrogens is 288 g/mol. The van der Waals surface area contributed by atoms with E-state index in [-0.39, 0.29) is 6.61 Å². The van der Waals surface area contributed by atoms with Crippen LogP contribution in [0.1, 0.15) is 11.1 Å². The van der Waals surface area contributed by atoms with Crippen LogP contribution in [0.4, 0.5) is 0 Å². The zero-order valence-electron chi connectivity index (χ0n) is 9.24. The normalized spacial score (nSPS) is 13.2. The van der Waals surface area contributed by atoms with Gasteiger partial charge in [0.1, 0.15) is 12.4 Å². The largest absolute Gasteiger partial charge is 0.493 e. The number of aliphatic carboxylic acids is 1. The third kappa shape index (κ3) is 3.20. The van der Waals surface area contributed by atoms with Crippen molar-refractivity contribution in [1.29, 1.82) is 0 Å². The fourth-order valence-corrected chi connectivity index (χ4v) is 2.43. The first kappa shape index (κ1) is 12.4. The molecule has 0 saturated carbocycles. The van der Waals surface area contributed by atoms with Gasteiger partial charge in [-0.3, -0.25) is 0 Å². The second-order valence-corrected chi connectivity index (χ2v) is 4.76. The lowest BCUT2D eigenvalue weighted by atomic mass is 10.1. The molecule has 1 heterocycles. The van der Waals surface area contributed by atoms with E-state index in [1.807, 2.05) is 6.07 Å². The first-order chi connectivity index (χ1) is 8.16. The monoisotopic (exact) mass is 300 g/mol. The summed E-state index contributed by atoms with van der Waals surface area (Å²) in [7, 11) is 0. The van der Waals surface area contributed by atoms with E-state index >= 15 is 0 Å². The Morgan fingerprint density at radius 2 is 2.35 bits per heavy atom. The van der Waals surface area contributed by atoms with Crippen LogP contribution in [0.5, 0.6) is 5.75 Å². The van der Waals surface area contributed by atoms with E-state index in [4.69, 9.17) is 14.6 Å². The summed E-state index contributed by atoms with van der Waals surface area (Å²) in [4.78, 5) is 10.3. The van der Waals surface area contributed by atoms with E-state index in [0.717, 1.165) is 28.8 Å². The molecule has 2 rings (SSSR count). The molecule has 0 aromatic heterocycles. The highest BCUT2D eigenvalue weighted by atomic mass is 79.9. The van der Waals surface area contributed by atoms with Crippen molar-refractivity contribution in [2.24, 2.45) is 0 Å². The molecule has 0 radical (unpaired) electrons. The quantitative estimate of drug-likeness (QED) is 0.846. The molecule has 0 bridgehead atoms. The van der Waals surface area contributed by atoms with Gasteiger partial charge in [0.05, 0.1) is 13.2 Å². The third-order valence-corrected chi connectivity index (χ3v) is 3.02. The Morgan fingerprint density at radius 3 is 3.12 bits per heavy atom. The molecule has 0 atom stereocenters. The van der Waals surface area contributed by atoms with Crippen LogP contribution in [0.15, 0.2) is 16.6 Å². The molecular formula is C12H13BrO4. The van der Waals surface area contributed by atoms with Crippen LogP contribution in [0.3, 0.4) is 0 Å². The minimum Gasteiger partial charge on any atom is -0.493 e. The smallest absolute Gasteiger partial charge is 0.329 e. The second-order valence-electron chi connectivity index (χ2n) is 3.85. The highest BCUT2D eigenvalue weighted by Gasteiger charge is 2.17. The van der Waals surface area contributed by atoms with E-state index in [2.05, 4.69) is 22.0 Å². The Balaban J connectivity index is 1.98. The molecule has 17 heavy (non-hydrogen) atoms. The van der Waals surface area contributed by atoms with E-state index in [1.165, 1.54) is 5.56 Å². The number of benzene rings is 1. The predicted octanol–water partition coefficient (Wildman–Crippen LogP) is 2.03. The second kappa shape index (κ2) is 5.51. The van der Waals surface area contributed by atoms with Crippen LogP contribution in [0.25, 0.3) is 0 Å². The number of carbonyl (C=O) groups is 1. The van der Waals surface area contributed by atoms with Crippen molar-refractivity contribution in [2.75, 3.05) is 19.8 Å². The number of hydrogen-bond acceptors (Lipinski definition) is 3. The van der Waals surface area contributed by atoms with E-state index in [9.17, 15) is 4.79 Å². The zero-order valence-corrected chi connectivity index (χ0v) is 10.8. The molecule has 0 fully saturated rings. The topological polar surface area (TPSA) is 55.8 Å². The third-order valence-electron chi connectivity index (χ3n) is 2.57. The summed E-state index contributed by atoms with van der Waals surface area (Å²) in [5, 5.41) is 8.45. The van der Waals surface area contributed by atoms with Crippen molar-refractivity contribution in [1.82, 2.24) is 0 Å². The molecule has 0 saturated heterocycles. The van der Waals surface area contributed by atoms with Crippen LogP contribution in [0, 0.1) is 0 Å². The van der Waals surface area contributed by atoms with Crippen molar-refractivity contribution in [2.45, 2.75) is 12.8 Å². The van der Waals surface area contributed by atoms with Crippen LogP contribution in [-0.2, 0) is 22.4 Å². The molecule has 1 aromatic carbocycles. The van der Waals surface area contributed by atoms with E-state index < -0.39 is 5.97 Å². The van der Waals surface area contributed by atoms with E-state index in [1.54, 1.807) is 0 Å². The molecule has 0 aliphatic carbocycles.